The molecule has 0 aromatic carbocycles. The van der Waals surface area contributed by atoms with E-state index in [2.05, 4.69) is 11.9 Å². The van der Waals surface area contributed by atoms with Gasteiger partial charge in [-0.3, -0.25) is 0 Å². The third kappa shape index (κ3) is 6.51. The van der Waals surface area contributed by atoms with Crippen LogP contribution in [-0.2, 0) is 14.3 Å². The van der Waals surface area contributed by atoms with Crippen LogP contribution >= 0.6 is 0 Å². The maximum atomic E-state index is 11.4. The zero-order chi connectivity index (χ0) is 14.5. The highest BCUT2D eigenvalue weighted by Crippen LogP contribution is 2.09. The highest BCUT2D eigenvalue weighted by molar-refractivity contribution is 5.88. The average molecular weight is 259 g/mol. The van der Waals surface area contributed by atoms with E-state index in [1.165, 1.54) is 0 Å². The van der Waals surface area contributed by atoms with Crippen molar-refractivity contribution in [1.29, 1.82) is 0 Å². The van der Waals surface area contributed by atoms with Crippen molar-refractivity contribution in [3.63, 3.8) is 0 Å². The molecule has 1 atom stereocenters. The van der Waals surface area contributed by atoms with Gasteiger partial charge in [0.2, 0.25) is 0 Å². The molecular formula is C11H17NO6. The fraction of sp³-hybridized carbons (Fsp3) is 0.545. The van der Waals surface area contributed by atoms with E-state index in [0.29, 0.717) is 0 Å². The first-order valence-corrected chi connectivity index (χ1v) is 5.16. The first-order chi connectivity index (χ1) is 8.03. The van der Waals surface area contributed by atoms with E-state index in [1.807, 2.05) is 0 Å². The van der Waals surface area contributed by atoms with Crippen molar-refractivity contribution in [2.45, 2.75) is 38.8 Å². The van der Waals surface area contributed by atoms with Gasteiger partial charge in [0.15, 0.2) is 0 Å². The van der Waals surface area contributed by atoms with Crippen LogP contribution < -0.4 is 5.32 Å². The third-order valence-electron chi connectivity index (χ3n) is 1.74. The van der Waals surface area contributed by atoms with Gasteiger partial charge < -0.3 is 20.3 Å². The second-order valence-electron chi connectivity index (χ2n) is 4.65. The third-order valence-corrected chi connectivity index (χ3v) is 1.74. The maximum absolute atomic E-state index is 11.4. The molecule has 0 rings (SSSR count). The van der Waals surface area contributed by atoms with Crippen molar-refractivity contribution in [3.05, 3.63) is 12.2 Å². The van der Waals surface area contributed by atoms with Crippen molar-refractivity contribution >= 4 is 18.0 Å². The van der Waals surface area contributed by atoms with E-state index in [0.717, 1.165) is 0 Å². The van der Waals surface area contributed by atoms with Crippen LogP contribution in [0.3, 0.4) is 0 Å². The highest BCUT2D eigenvalue weighted by Gasteiger charge is 2.25. The number of amides is 1. The van der Waals surface area contributed by atoms with Crippen LogP contribution in [0.4, 0.5) is 4.79 Å². The topological polar surface area (TPSA) is 113 Å². The Morgan fingerprint density at radius 2 is 1.78 bits per heavy atom. The summed E-state index contributed by atoms with van der Waals surface area (Å²) < 4.78 is 4.87. The van der Waals surface area contributed by atoms with Crippen LogP contribution in [-0.4, -0.2) is 39.9 Å². The van der Waals surface area contributed by atoms with Crippen LogP contribution in [0, 0.1) is 0 Å². The number of carboxylic acid groups (broad SMARTS) is 2. The van der Waals surface area contributed by atoms with Gasteiger partial charge in [-0.1, -0.05) is 6.58 Å². The Bertz CT molecular complexity index is 368. The molecule has 0 aromatic heterocycles. The summed E-state index contributed by atoms with van der Waals surface area (Å²) in [6.07, 6.45) is -1.32. The number of hydrogen-bond donors (Lipinski definition) is 3. The van der Waals surface area contributed by atoms with Crippen molar-refractivity contribution in [2.75, 3.05) is 0 Å². The van der Waals surface area contributed by atoms with Gasteiger partial charge in [-0.2, -0.15) is 0 Å². The summed E-state index contributed by atoms with van der Waals surface area (Å²) in [5.41, 5.74) is -1.07. The zero-order valence-corrected chi connectivity index (χ0v) is 10.5. The van der Waals surface area contributed by atoms with Crippen molar-refractivity contribution in [2.24, 2.45) is 0 Å². The van der Waals surface area contributed by atoms with Gasteiger partial charge in [0, 0.05) is 12.0 Å². The van der Waals surface area contributed by atoms with Gasteiger partial charge in [0.25, 0.3) is 0 Å². The van der Waals surface area contributed by atoms with Crippen molar-refractivity contribution in [1.82, 2.24) is 5.32 Å². The Hall–Kier alpha value is -2.05. The summed E-state index contributed by atoms with van der Waals surface area (Å²) in [5.74, 6) is -2.67. The Morgan fingerprint density at radius 3 is 2.11 bits per heavy atom. The summed E-state index contributed by atoms with van der Waals surface area (Å²) >= 11 is 0. The molecule has 3 N–H and O–H groups in total. The number of ether oxygens (including phenoxy) is 1. The number of carboxylic acids is 2. The Kier molecular flexibility index (Phi) is 5.35. The smallest absolute Gasteiger partial charge is 0.408 e. The molecule has 18 heavy (non-hydrogen) atoms. The number of carbonyl (C=O) groups is 3. The summed E-state index contributed by atoms with van der Waals surface area (Å²) in [4.78, 5) is 32.7. The van der Waals surface area contributed by atoms with Crippen molar-refractivity contribution < 1.29 is 29.3 Å². The van der Waals surface area contributed by atoms with E-state index in [9.17, 15) is 14.4 Å². The fourth-order valence-corrected chi connectivity index (χ4v) is 0.984. The molecule has 0 heterocycles. The number of carbonyl (C=O) groups excluding carboxylic acids is 1. The van der Waals surface area contributed by atoms with Gasteiger partial charge in [0.1, 0.15) is 11.6 Å². The molecule has 0 aliphatic carbocycles. The molecule has 7 heteroatoms. The molecule has 0 aliphatic rings. The fourth-order valence-electron chi connectivity index (χ4n) is 0.984. The Morgan fingerprint density at radius 1 is 1.28 bits per heavy atom. The number of hydrogen-bond acceptors (Lipinski definition) is 4. The lowest BCUT2D eigenvalue weighted by molar-refractivity contribution is -0.139. The first-order valence-electron chi connectivity index (χ1n) is 5.16. The average Bonchev–Trinajstić information content (AvgIpc) is 2.12. The second-order valence-corrected chi connectivity index (χ2v) is 4.65. The zero-order valence-electron chi connectivity index (χ0n) is 10.5. The van der Waals surface area contributed by atoms with Gasteiger partial charge >= 0.3 is 18.0 Å². The molecule has 0 fully saturated rings. The lowest BCUT2D eigenvalue weighted by atomic mass is 10.1. The van der Waals surface area contributed by atoms with Crippen LogP contribution in [0.2, 0.25) is 0 Å². The molecule has 7 nitrogen and oxygen atoms in total. The summed E-state index contributed by atoms with van der Waals surface area (Å²) in [5, 5.41) is 19.5. The van der Waals surface area contributed by atoms with E-state index in [4.69, 9.17) is 14.9 Å². The molecule has 0 unspecified atom stereocenters. The molecular weight excluding hydrogens is 242 g/mol. The van der Waals surface area contributed by atoms with E-state index in [1.54, 1.807) is 20.8 Å². The monoisotopic (exact) mass is 259 g/mol. The minimum atomic E-state index is -1.39. The highest BCUT2D eigenvalue weighted by atomic mass is 16.6. The summed E-state index contributed by atoms with van der Waals surface area (Å²) in [7, 11) is 0. The standard InChI is InChI=1S/C11H17NO6/c1-6(8(13)14)5-7(9(15)16)12-10(17)18-11(2,3)4/h7H,1,5H2,2-4H3,(H,12,17)(H,13,14)(H,15,16)/t7-/m0/s1. The number of alkyl carbamates (subject to hydrolysis) is 1. The van der Waals surface area contributed by atoms with Crippen LogP contribution in [0.15, 0.2) is 12.2 Å². The van der Waals surface area contributed by atoms with Crippen LogP contribution in [0.25, 0.3) is 0 Å². The van der Waals surface area contributed by atoms with Gasteiger partial charge in [-0.05, 0) is 20.8 Å². The molecule has 102 valence electrons. The maximum Gasteiger partial charge on any atom is 0.408 e. The Labute approximate surface area is 104 Å². The van der Waals surface area contributed by atoms with Gasteiger partial charge in [-0.25, -0.2) is 14.4 Å². The minimum Gasteiger partial charge on any atom is -0.480 e. The van der Waals surface area contributed by atoms with Gasteiger partial charge in [-0.15, -0.1) is 0 Å². The predicted octanol–water partition coefficient (Wildman–Crippen LogP) is 0.995. The lowest BCUT2D eigenvalue weighted by Crippen LogP contribution is -2.44. The number of rotatable bonds is 5. The van der Waals surface area contributed by atoms with E-state index >= 15 is 0 Å². The van der Waals surface area contributed by atoms with Crippen LogP contribution in [0.5, 0.6) is 0 Å². The minimum absolute atomic E-state index is 0.307. The summed E-state index contributed by atoms with van der Waals surface area (Å²) in [6.45, 7) is 8.07. The molecule has 0 aliphatic heterocycles. The number of aliphatic carboxylic acids is 2. The van der Waals surface area contributed by atoms with Crippen molar-refractivity contribution in [3.8, 4) is 0 Å². The molecule has 0 spiro atoms. The number of nitrogens with one attached hydrogen (secondary N) is 1. The molecule has 0 aromatic rings. The second kappa shape index (κ2) is 6.04. The first kappa shape index (κ1) is 16.0. The molecule has 0 radical (unpaired) electrons. The largest absolute Gasteiger partial charge is 0.480 e. The molecule has 0 saturated heterocycles. The normalized spacial score (nSPS) is 12.4. The predicted molar refractivity (Wildman–Crippen MR) is 62.2 cm³/mol. The Balaban J connectivity index is 4.55. The quantitative estimate of drug-likeness (QED) is 0.635. The lowest BCUT2D eigenvalue weighted by Gasteiger charge is -2.21. The SMILES string of the molecule is C=C(C[C@H](NC(=O)OC(C)(C)C)C(=O)O)C(=O)O. The molecule has 1 amide bonds. The molecule has 0 saturated carbocycles. The van der Waals surface area contributed by atoms with Gasteiger partial charge in [0.05, 0.1) is 0 Å². The van der Waals surface area contributed by atoms with Crippen LogP contribution in [0.1, 0.15) is 27.2 Å². The summed E-state index contributed by atoms with van der Waals surface area (Å²) in [6, 6.07) is -1.39. The molecule has 0 bridgehead atoms. The van der Waals surface area contributed by atoms with E-state index < -0.39 is 36.1 Å². The van der Waals surface area contributed by atoms with E-state index in [-0.39, 0.29) is 5.57 Å².